The Kier molecular flexibility index (Phi) is 3.96. The maximum atomic E-state index is 12.3. The lowest BCUT2D eigenvalue weighted by atomic mass is 10.6. The predicted molar refractivity (Wildman–Crippen MR) is 43.6 cm³/mol. The van der Waals surface area contributed by atoms with Gasteiger partial charge in [0, 0.05) is 13.2 Å². The molecule has 1 aromatic heterocycles. The van der Waals surface area contributed by atoms with E-state index < -0.39 is 17.1 Å². The van der Waals surface area contributed by atoms with Gasteiger partial charge in [-0.15, -0.1) is 0 Å². The van der Waals surface area contributed by atoms with Crippen LogP contribution in [0.3, 0.4) is 0 Å². The molecule has 0 aliphatic rings. The van der Waals surface area contributed by atoms with Gasteiger partial charge in [0.2, 0.25) is 5.82 Å². The van der Waals surface area contributed by atoms with E-state index in [0.29, 0.717) is 4.57 Å². The summed E-state index contributed by atoms with van der Waals surface area (Å²) in [5, 5.41) is 0. The van der Waals surface area contributed by atoms with Gasteiger partial charge in [-0.3, -0.25) is 9.36 Å². The van der Waals surface area contributed by atoms with Gasteiger partial charge in [0.05, 0.1) is 0 Å². The second-order valence-corrected chi connectivity index (χ2v) is 1.81. The lowest BCUT2D eigenvalue weighted by molar-refractivity contribution is 0.570. The van der Waals surface area contributed by atoms with Crippen molar-refractivity contribution in [3.8, 4) is 0 Å². The number of nitrogens with zero attached hydrogens (tertiary/aromatic N) is 1. The number of rotatable bonds is 0. The van der Waals surface area contributed by atoms with Crippen LogP contribution in [0.1, 0.15) is 13.8 Å². The van der Waals surface area contributed by atoms with Crippen LogP contribution in [0.2, 0.25) is 0 Å². The van der Waals surface area contributed by atoms with Crippen molar-refractivity contribution in [3.05, 3.63) is 32.9 Å². The molecular formula is C7H11FN2O2. The van der Waals surface area contributed by atoms with E-state index in [0.717, 1.165) is 6.20 Å². The molecule has 0 amide bonds. The summed E-state index contributed by atoms with van der Waals surface area (Å²) < 4.78 is 12.9. The first kappa shape index (κ1) is 10.6. The largest absolute Gasteiger partial charge is 0.328 e. The minimum absolute atomic E-state index is 0.619. The van der Waals surface area contributed by atoms with Crippen LogP contribution in [0.5, 0.6) is 0 Å². The van der Waals surface area contributed by atoms with E-state index in [1.54, 1.807) is 0 Å². The monoisotopic (exact) mass is 174 g/mol. The quantitative estimate of drug-likeness (QED) is 0.612. The zero-order valence-corrected chi connectivity index (χ0v) is 7.22. The first-order chi connectivity index (χ1) is 5.63. The topological polar surface area (TPSA) is 54.9 Å². The summed E-state index contributed by atoms with van der Waals surface area (Å²) >= 11 is 0. The van der Waals surface area contributed by atoms with Gasteiger partial charge in [0.25, 0.3) is 5.56 Å². The Morgan fingerprint density at radius 1 is 1.42 bits per heavy atom. The predicted octanol–water partition coefficient (Wildman–Crippen LogP) is 0.239. The van der Waals surface area contributed by atoms with Crippen molar-refractivity contribution in [3.63, 3.8) is 0 Å². The third-order valence-corrected chi connectivity index (χ3v) is 1.14. The Hall–Kier alpha value is -1.39. The summed E-state index contributed by atoms with van der Waals surface area (Å²) in [6.07, 6.45) is 0.741. The van der Waals surface area contributed by atoms with Gasteiger partial charge in [-0.05, 0) is 0 Å². The molecule has 0 radical (unpaired) electrons. The molecule has 1 N–H and O–H groups in total. The van der Waals surface area contributed by atoms with E-state index in [1.165, 1.54) is 7.05 Å². The average molecular weight is 174 g/mol. The van der Waals surface area contributed by atoms with E-state index in [4.69, 9.17) is 0 Å². The maximum absolute atomic E-state index is 12.3. The minimum Gasteiger partial charge on any atom is -0.311 e. The highest BCUT2D eigenvalue weighted by Gasteiger charge is 1.99. The summed E-state index contributed by atoms with van der Waals surface area (Å²) in [5.41, 5.74) is -1.53. The molecule has 1 rings (SSSR count). The van der Waals surface area contributed by atoms with E-state index in [9.17, 15) is 14.0 Å². The Morgan fingerprint density at radius 2 is 1.92 bits per heavy atom. The molecule has 1 aromatic rings. The Bertz CT molecular complexity index is 353. The van der Waals surface area contributed by atoms with Crippen molar-refractivity contribution in [2.24, 2.45) is 7.05 Å². The molecule has 0 unspecified atom stereocenters. The molecule has 4 nitrogen and oxygen atoms in total. The zero-order chi connectivity index (χ0) is 9.72. The average Bonchev–Trinajstić information content (AvgIpc) is 2.12. The molecule has 0 spiro atoms. The fraction of sp³-hybridized carbons (Fsp3) is 0.429. The SMILES string of the molecule is CC.Cn1c(=O)[nH]cc(F)c1=O. The number of aromatic amines is 1. The second-order valence-electron chi connectivity index (χ2n) is 1.81. The number of nitrogens with one attached hydrogen (secondary N) is 1. The first-order valence-electron chi connectivity index (χ1n) is 3.57. The summed E-state index contributed by atoms with van der Waals surface area (Å²) in [4.78, 5) is 23.1. The van der Waals surface area contributed by atoms with Gasteiger partial charge < -0.3 is 4.98 Å². The Balaban J connectivity index is 0.000000561. The van der Waals surface area contributed by atoms with E-state index in [1.807, 2.05) is 18.8 Å². The van der Waals surface area contributed by atoms with Crippen molar-refractivity contribution in [2.45, 2.75) is 13.8 Å². The van der Waals surface area contributed by atoms with Crippen molar-refractivity contribution >= 4 is 0 Å². The molecule has 0 saturated heterocycles. The zero-order valence-electron chi connectivity index (χ0n) is 7.22. The maximum Gasteiger partial charge on any atom is 0.328 e. The van der Waals surface area contributed by atoms with Crippen LogP contribution in [0.4, 0.5) is 4.39 Å². The van der Waals surface area contributed by atoms with E-state index in [-0.39, 0.29) is 0 Å². The standard InChI is InChI=1S/C5H5FN2O2.C2H6/c1-8-4(9)3(6)2-7-5(8)10;1-2/h2H,1H3,(H,7,10);1-2H3. The van der Waals surface area contributed by atoms with Crippen LogP contribution in [0.25, 0.3) is 0 Å². The summed E-state index contributed by atoms with van der Waals surface area (Å²) in [5.74, 6) is -0.956. The van der Waals surface area contributed by atoms with Crippen molar-refractivity contribution < 1.29 is 4.39 Å². The fourth-order valence-electron chi connectivity index (χ4n) is 0.536. The molecule has 0 saturated carbocycles. The van der Waals surface area contributed by atoms with Crippen LogP contribution in [0.15, 0.2) is 15.8 Å². The number of halogens is 1. The smallest absolute Gasteiger partial charge is 0.311 e. The third-order valence-electron chi connectivity index (χ3n) is 1.14. The molecule has 0 bridgehead atoms. The van der Waals surface area contributed by atoms with Crippen LogP contribution in [-0.2, 0) is 7.05 Å². The van der Waals surface area contributed by atoms with Gasteiger partial charge in [0.1, 0.15) is 0 Å². The molecule has 12 heavy (non-hydrogen) atoms. The molecule has 0 atom stereocenters. The highest BCUT2D eigenvalue weighted by molar-refractivity contribution is 4.85. The highest BCUT2D eigenvalue weighted by Crippen LogP contribution is 1.76. The summed E-state index contributed by atoms with van der Waals surface area (Å²) in [7, 11) is 1.20. The number of hydrogen-bond donors (Lipinski definition) is 1. The minimum atomic E-state index is -0.956. The van der Waals surface area contributed by atoms with Gasteiger partial charge in [-0.25, -0.2) is 4.79 Å². The summed E-state index contributed by atoms with van der Waals surface area (Å²) in [6.45, 7) is 4.00. The molecule has 0 fully saturated rings. The normalized spacial score (nSPS) is 8.67. The molecule has 68 valence electrons. The first-order valence-corrected chi connectivity index (χ1v) is 3.57. The second kappa shape index (κ2) is 4.48. The number of H-pyrrole nitrogens is 1. The van der Waals surface area contributed by atoms with E-state index in [2.05, 4.69) is 0 Å². The molecule has 0 aromatic carbocycles. The molecular weight excluding hydrogens is 163 g/mol. The van der Waals surface area contributed by atoms with Gasteiger partial charge in [-0.1, -0.05) is 13.8 Å². The Labute approximate surface area is 68.7 Å². The van der Waals surface area contributed by atoms with Crippen LogP contribution in [0, 0.1) is 5.82 Å². The van der Waals surface area contributed by atoms with Crippen molar-refractivity contribution in [2.75, 3.05) is 0 Å². The molecule has 0 aliphatic carbocycles. The van der Waals surface area contributed by atoms with Crippen molar-refractivity contribution in [1.82, 2.24) is 9.55 Å². The third kappa shape index (κ3) is 2.05. The molecule has 0 aliphatic heterocycles. The number of hydrogen-bond acceptors (Lipinski definition) is 2. The van der Waals surface area contributed by atoms with Crippen LogP contribution in [-0.4, -0.2) is 9.55 Å². The fourth-order valence-corrected chi connectivity index (χ4v) is 0.536. The van der Waals surface area contributed by atoms with Crippen molar-refractivity contribution in [1.29, 1.82) is 0 Å². The molecule has 5 heteroatoms. The summed E-state index contributed by atoms with van der Waals surface area (Å²) in [6, 6.07) is 0. The lowest BCUT2D eigenvalue weighted by Crippen LogP contribution is -2.33. The number of aromatic nitrogens is 2. The highest BCUT2D eigenvalue weighted by atomic mass is 19.1. The van der Waals surface area contributed by atoms with Gasteiger partial charge >= 0.3 is 5.69 Å². The van der Waals surface area contributed by atoms with Gasteiger partial charge in [-0.2, -0.15) is 4.39 Å². The van der Waals surface area contributed by atoms with Crippen LogP contribution >= 0.6 is 0 Å². The lowest BCUT2D eigenvalue weighted by Gasteiger charge is -1.91. The van der Waals surface area contributed by atoms with E-state index >= 15 is 0 Å². The van der Waals surface area contributed by atoms with Crippen LogP contribution < -0.4 is 11.2 Å². The Morgan fingerprint density at radius 3 is 2.33 bits per heavy atom. The van der Waals surface area contributed by atoms with Gasteiger partial charge in [0.15, 0.2) is 0 Å². The molecule has 1 heterocycles.